The molecule has 1 heterocycles. The van der Waals surface area contributed by atoms with Crippen LogP contribution < -0.4 is 16.6 Å². The zero-order chi connectivity index (χ0) is 19.7. The monoisotopic (exact) mass is 379 g/mol. The van der Waals surface area contributed by atoms with Gasteiger partial charge in [-0.3, -0.25) is 14.3 Å². The van der Waals surface area contributed by atoms with Gasteiger partial charge >= 0.3 is 5.69 Å². The van der Waals surface area contributed by atoms with E-state index in [1.54, 1.807) is 0 Å². The zero-order valence-corrected chi connectivity index (χ0v) is 17.7. The second-order valence-electron chi connectivity index (χ2n) is 7.76. The van der Waals surface area contributed by atoms with Gasteiger partial charge in [0.05, 0.1) is 0 Å². The maximum absolute atomic E-state index is 11.5. The topological polar surface area (TPSA) is 66.9 Å². The quantitative estimate of drug-likeness (QED) is 0.358. The van der Waals surface area contributed by atoms with Gasteiger partial charge in [-0.2, -0.15) is 0 Å². The first-order chi connectivity index (χ1) is 13.1. The molecule has 0 unspecified atom stereocenters. The van der Waals surface area contributed by atoms with Crippen LogP contribution in [0, 0.1) is 0 Å². The molecule has 0 fully saturated rings. The van der Waals surface area contributed by atoms with E-state index in [1.807, 2.05) is 0 Å². The van der Waals surface area contributed by atoms with Crippen molar-refractivity contribution in [3.63, 3.8) is 0 Å². The van der Waals surface area contributed by atoms with Crippen LogP contribution in [0.2, 0.25) is 0 Å². The van der Waals surface area contributed by atoms with Crippen molar-refractivity contribution in [1.82, 2.24) is 9.55 Å². The Bertz CT molecular complexity index is 561. The summed E-state index contributed by atoms with van der Waals surface area (Å²) in [5.41, 5.74) is -0.653. The molecule has 0 aliphatic rings. The number of nitrogens with zero attached hydrogens (tertiary/aromatic N) is 1. The first-order valence-corrected chi connectivity index (χ1v) is 11.2. The number of H-pyrrole nitrogens is 1. The summed E-state index contributed by atoms with van der Waals surface area (Å²) in [5.74, 6) is 0.522. The summed E-state index contributed by atoms with van der Waals surface area (Å²) in [4.78, 5) is 25.7. The Labute approximate surface area is 165 Å². The largest absolute Gasteiger partial charge is 0.371 e. The molecule has 0 bridgehead atoms. The molecule has 1 aromatic heterocycles. The van der Waals surface area contributed by atoms with Crippen molar-refractivity contribution < 1.29 is 0 Å². The normalized spacial score (nSPS) is 11.0. The Kier molecular flexibility index (Phi) is 13.5. The molecule has 0 saturated carbocycles. The third kappa shape index (κ3) is 11.7. The second-order valence-corrected chi connectivity index (χ2v) is 7.76. The van der Waals surface area contributed by atoms with Gasteiger partial charge in [-0.1, -0.05) is 96.8 Å². The summed E-state index contributed by atoms with van der Waals surface area (Å²) in [6, 6.07) is 1.44. The third-order valence-electron chi connectivity index (χ3n) is 5.24. The van der Waals surface area contributed by atoms with Gasteiger partial charge in [0, 0.05) is 19.7 Å². The van der Waals surface area contributed by atoms with E-state index in [1.165, 1.54) is 103 Å². The molecule has 0 aliphatic heterocycles. The summed E-state index contributed by atoms with van der Waals surface area (Å²) in [5, 5.41) is 3.13. The van der Waals surface area contributed by atoms with E-state index >= 15 is 0 Å². The summed E-state index contributed by atoms with van der Waals surface area (Å²) in [6.07, 6.45) is 20.3. The van der Waals surface area contributed by atoms with Gasteiger partial charge in [-0.05, 0) is 6.42 Å². The van der Waals surface area contributed by atoms with Crippen molar-refractivity contribution >= 4 is 5.82 Å². The molecule has 1 rings (SSSR count). The molecule has 0 aliphatic carbocycles. The Balaban J connectivity index is 1.86. The van der Waals surface area contributed by atoms with Crippen LogP contribution in [0.4, 0.5) is 5.82 Å². The minimum Gasteiger partial charge on any atom is -0.371 e. The van der Waals surface area contributed by atoms with Crippen molar-refractivity contribution in [2.75, 3.05) is 11.9 Å². The zero-order valence-electron chi connectivity index (χ0n) is 17.7. The summed E-state index contributed by atoms with van der Waals surface area (Å²) >= 11 is 0. The van der Waals surface area contributed by atoms with Gasteiger partial charge < -0.3 is 5.32 Å². The van der Waals surface area contributed by atoms with E-state index in [-0.39, 0.29) is 11.2 Å². The Morgan fingerprint density at radius 2 is 1.22 bits per heavy atom. The van der Waals surface area contributed by atoms with Crippen LogP contribution in [0.1, 0.15) is 103 Å². The van der Waals surface area contributed by atoms with E-state index in [0.717, 1.165) is 17.5 Å². The lowest BCUT2D eigenvalue weighted by Gasteiger charge is -2.06. The molecule has 156 valence electrons. The van der Waals surface area contributed by atoms with Gasteiger partial charge in [-0.15, -0.1) is 0 Å². The van der Waals surface area contributed by atoms with Gasteiger partial charge in [0.2, 0.25) is 0 Å². The molecule has 2 N–H and O–H groups in total. The fraction of sp³-hybridized carbons (Fsp3) is 0.818. The van der Waals surface area contributed by atoms with Crippen LogP contribution >= 0.6 is 0 Å². The van der Waals surface area contributed by atoms with Crippen molar-refractivity contribution in [3.05, 3.63) is 26.9 Å². The number of nitrogens with one attached hydrogen (secondary N) is 2. The molecule has 5 nitrogen and oxygen atoms in total. The van der Waals surface area contributed by atoms with Crippen LogP contribution in [0.25, 0.3) is 0 Å². The van der Waals surface area contributed by atoms with E-state index in [9.17, 15) is 9.59 Å². The summed E-state index contributed by atoms with van der Waals surface area (Å²) in [7, 11) is 1.47. The van der Waals surface area contributed by atoms with Crippen molar-refractivity contribution in [3.8, 4) is 0 Å². The molecular weight excluding hydrogens is 338 g/mol. The molecular formula is C22H41N3O2. The van der Waals surface area contributed by atoms with Gasteiger partial charge in [0.15, 0.2) is 0 Å². The van der Waals surface area contributed by atoms with Crippen molar-refractivity contribution in [2.24, 2.45) is 7.05 Å². The average Bonchev–Trinajstić information content (AvgIpc) is 2.65. The number of unbranched alkanes of at least 4 members (excludes halogenated alkanes) is 14. The maximum Gasteiger partial charge on any atom is 0.329 e. The first-order valence-electron chi connectivity index (χ1n) is 11.2. The van der Waals surface area contributed by atoms with Gasteiger partial charge in [0.1, 0.15) is 5.82 Å². The van der Waals surface area contributed by atoms with Crippen LogP contribution in [0.3, 0.4) is 0 Å². The standard InChI is InChI=1S/C22H41N3O2/c1-3-4-5-6-7-8-9-10-11-12-13-14-15-16-17-18-23-20-19-21(26)25(2)22(27)24-20/h19,23H,3-18H2,1-2H3,(H,24,27). The highest BCUT2D eigenvalue weighted by molar-refractivity contribution is 5.31. The first kappa shape index (κ1) is 23.5. The number of rotatable bonds is 17. The van der Waals surface area contributed by atoms with Crippen molar-refractivity contribution in [2.45, 2.75) is 103 Å². The second kappa shape index (κ2) is 15.5. The van der Waals surface area contributed by atoms with Crippen LogP contribution in [-0.4, -0.2) is 16.1 Å². The summed E-state index contributed by atoms with van der Waals surface area (Å²) < 4.78 is 1.07. The predicted molar refractivity (Wildman–Crippen MR) is 116 cm³/mol. The van der Waals surface area contributed by atoms with E-state index < -0.39 is 0 Å². The minimum absolute atomic E-state index is 0.280. The number of anilines is 1. The maximum atomic E-state index is 11.5. The van der Waals surface area contributed by atoms with Crippen LogP contribution in [-0.2, 0) is 7.05 Å². The minimum atomic E-state index is -0.374. The lowest BCUT2D eigenvalue weighted by Crippen LogP contribution is -2.32. The fourth-order valence-corrected chi connectivity index (χ4v) is 3.37. The highest BCUT2D eigenvalue weighted by atomic mass is 16.2. The number of aromatic nitrogens is 2. The van der Waals surface area contributed by atoms with E-state index in [4.69, 9.17) is 0 Å². The number of hydrogen-bond acceptors (Lipinski definition) is 3. The van der Waals surface area contributed by atoms with E-state index in [2.05, 4.69) is 17.2 Å². The van der Waals surface area contributed by atoms with Crippen molar-refractivity contribution in [1.29, 1.82) is 0 Å². The Morgan fingerprint density at radius 3 is 1.67 bits per heavy atom. The number of aromatic amines is 1. The Hall–Kier alpha value is -1.52. The molecule has 0 saturated heterocycles. The molecule has 0 aromatic carbocycles. The molecule has 0 radical (unpaired) electrons. The molecule has 27 heavy (non-hydrogen) atoms. The van der Waals surface area contributed by atoms with Gasteiger partial charge in [0.25, 0.3) is 5.56 Å². The highest BCUT2D eigenvalue weighted by Crippen LogP contribution is 2.13. The van der Waals surface area contributed by atoms with Crippen LogP contribution in [0.15, 0.2) is 15.7 Å². The SMILES string of the molecule is CCCCCCCCCCCCCCCCCNc1cc(=O)n(C)c(=O)[nH]1. The molecule has 5 heteroatoms. The van der Waals surface area contributed by atoms with Gasteiger partial charge in [-0.25, -0.2) is 4.79 Å². The lowest BCUT2D eigenvalue weighted by atomic mass is 10.0. The Morgan fingerprint density at radius 1 is 0.778 bits per heavy atom. The molecule has 0 atom stereocenters. The van der Waals surface area contributed by atoms with E-state index in [0.29, 0.717) is 5.82 Å². The smallest absolute Gasteiger partial charge is 0.329 e. The predicted octanol–water partition coefficient (Wildman–Crippen LogP) is 5.36. The summed E-state index contributed by atoms with van der Waals surface area (Å²) in [6.45, 7) is 3.07. The molecule has 0 spiro atoms. The fourth-order valence-electron chi connectivity index (χ4n) is 3.37. The molecule has 0 amide bonds. The number of hydrogen-bond donors (Lipinski definition) is 2. The third-order valence-corrected chi connectivity index (χ3v) is 5.24. The lowest BCUT2D eigenvalue weighted by molar-refractivity contribution is 0.533. The molecule has 1 aromatic rings. The van der Waals surface area contributed by atoms with Crippen LogP contribution in [0.5, 0.6) is 0 Å². The average molecular weight is 380 g/mol. The highest BCUT2D eigenvalue weighted by Gasteiger charge is 1.99.